The van der Waals surface area contributed by atoms with Crippen LogP contribution in [-0.2, 0) is 9.53 Å². The highest BCUT2D eigenvalue weighted by molar-refractivity contribution is 7.99. The standard InChI is InChI=1S/C17H26O3S/c1-6-12(3)11-21-15-8-9-16(13(4)10-15)20-14(5)17(18)19-7-2/h8-10,12,14H,6-7,11H2,1-5H3. The van der Waals surface area contributed by atoms with E-state index in [0.717, 1.165) is 23.0 Å². The second kappa shape index (κ2) is 8.98. The predicted molar refractivity (Wildman–Crippen MR) is 88.1 cm³/mol. The summed E-state index contributed by atoms with van der Waals surface area (Å²) in [5.74, 6) is 2.25. The summed E-state index contributed by atoms with van der Waals surface area (Å²) < 4.78 is 10.6. The Balaban J connectivity index is 2.63. The lowest BCUT2D eigenvalue weighted by Gasteiger charge is -2.16. The molecule has 1 aromatic rings. The number of thioether (sulfide) groups is 1. The second-order valence-corrected chi connectivity index (χ2v) is 6.36. The number of rotatable bonds is 8. The van der Waals surface area contributed by atoms with E-state index in [4.69, 9.17) is 9.47 Å². The third-order valence-corrected chi connectivity index (χ3v) is 4.62. The molecule has 0 spiro atoms. The van der Waals surface area contributed by atoms with E-state index in [1.54, 1.807) is 13.8 Å². The van der Waals surface area contributed by atoms with E-state index in [1.807, 2.05) is 30.8 Å². The molecule has 0 N–H and O–H groups in total. The van der Waals surface area contributed by atoms with Crippen molar-refractivity contribution in [2.24, 2.45) is 5.92 Å². The molecule has 0 saturated heterocycles. The Morgan fingerprint density at radius 3 is 2.57 bits per heavy atom. The van der Waals surface area contributed by atoms with E-state index in [-0.39, 0.29) is 5.97 Å². The molecule has 3 nitrogen and oxygen atoms in total. The summed E-state index contributed by atoms with van der Waals surface area (Å²) in [6, 6.07) is 6.09. The average molecular weight is 310 g/mol. The van der Waals surface area contributed by atoms with Crippen LogP contribution in [0.2, 0.25) is 0 Å². The number of hydrogen-bond donors (Lipinski definition) is 0. The lowest BCUT2D eigenvalue weighted by molar-refractivity contribution is -0.150. The van der Waals surface area contributed by atoms with Crippen molar-refractivity contribution in [3.8, 4) is 5.75 Å². The highest BCUT2D eigenvalue weighted by Crippen LogP contribution is 2.28. The molecule has 118 valence electrons. The number of benzene rings is 1. The summed E-state index contributed by atoms with van der Waals surface area (Å²) in [6.07, 6.45) is 0.617. The van der Waals surface area contributed by atoms with Crippen molar-refractivity contribution in [3.05, 3.63) is 23.8 Å². The van der Waals surface area contributed by atoms with Crippen molar-refractivity contribution in [1.82, 2.24) is 0 Å². The zero-order valence-electron chi connectivity index (χ0n) is 13.6. The minimum Gasteiger partial charge on any atom is -0.479 e. The third kappa shape index (κ3) is 6.00. The van der Waals surface area contributed by atoms with Crippen LogP contribution in [0, 0.1) is 12.8 Å². The van der Waals surface area contributed by atoms with Crippen LogP contribution >= 0.6 is 11.8 Å². The SMILES string of the molecule is CCOC(=O)C(C)Oc1ccc(SCC(C)CC)cc1C. The Morgan fingerprint density at radius 2 is 2.00 bits per heavy atom. The summed E-state index contributed by atoms with van der Waals surface area (Å²) in [7, 11) is 0. The average Bonchev–Trinajstić information content (AvgIpc) is 2.47. The normalized spacial score (nSPS) is 13.6. The molecule has 0 aromatic heterocycles. The fraction of sp³-hybridized carbons (Fsp3) is 0.588. The Bertz CT molecular complexity index is 459. The van der Waals surface area contributed by atoms with Gasteiger partial charge in [-0.2, -0.15) is 0 Å². The molecule has 2 unspecified atom stereocenters. The van der Waals surface area contributed by atoms with E-state index < -0.39 is 6.10 Å². The Labute approximate surface area is 132 Å². The number of esters is 1. The van der Waals surface area contributed by atoms with Crippen molar-refractivity contribution in [2.75, 3.05) is 12.4 Å². The topological polar surface area (TPSA) is 35.5 Å². The van der Waals surface area contributed by atoms with Crippen molar-refractivity contribution >= 4 is 17.7 Å². The summed E-state index contributed by atoms with van der Waals surface area (Å²) in [5.41, 5.74) is 1.04. The number of ether oxygens (including phenoxy) is 2. The Hall–Kier alpha value is -1.16. The minimum atomic E-state index is -0.581. The summed E-state index contributed by atoms with van der Waals surface area (Å²) in [4.78, 5) is 12.8. The maximum atomic E-state index is 11.6. The van der Waals surface area contributed by atoms with Gasteiger partial charge >= 0.3 is 5.97 Å². The fourth-order valence-electron chi connectivity index (χ4n) is 1.70. The first-order chi connectivity index (χ1) is 9.97. The van der Waals surface area contributed by atoms with Crippen LogP contribution < -0.4 is 4.74 Å². The van der Waals surface area contributed by atoms with Crippen LogP contribution in [0.15, 0.2) is 23.1 Å². The van der Waals surface area contributed by atoms with Crippen LogP contribution in [0.1, 0.15) is 39.7 Å². The van der Waals surface area contributed by atoms with Gasteiger partial charge in [0, 0.05) is 10.6 Å². The van der Waals surface area contributed by atoms with Crippen molar-refractivity contribution in [1.29, 1.82) is 0 Å². The molecule has 2 atom stereocenters. The van der Waals surface area contributed by atoms with Gasteiger partial charge < -0.3 is 9.47 Å². The molecule has 0 aliphatic carbocycles. The van der Waals surface area contributed by atoms with Crippen LogP contribution in [0.5, 0.6) is 5.75 Å². The van der Waals surface area contributed by atoms with Gasteiger partial charge in [0.25, 0.3) is 0 Å². The largest absolute Gasteiger partial charge is 0.479 e. The molecule has 0 heterocycles. The summed E-state index contributed by atoms with van der Waals surface area (Å²) >= 11 is 1.86. The second-order valence-electron chi connectivity index (χ2n) is 5.26. The molecule has 0 amide bonds. The molecule has 21 heavy (non-hydrogen) atoms. The third-order valence-electron chi connectivity index (χ3n) is 3.30. The molecule has 0 bridgehead atoms. The van der Waals surface area contributed by atoms with E-state index >= 15 is 0 Å². The molecule has 1 aromatic carbocycles. The number of hydrogen-bond acceptors (Lipinski definition) is 4. The molecule has 0 radical (unpaired) electrons. The molecule has 1 rings (SSSR count). The van der Waals surface area contributed by atoms with Gasteiger partial charge in [-0.15, -0.1) is 11.8 Å². The van der Waals surface area contributed by atoms with Gasteiger partial charge in [-0.25, -0.2) is 4.79 Å². The van der Waals surface area contributed by atoms with Crippen LogP contribution in [0.25, 0.3) is 0 Å². The van der Waals surface area contributed by atoms with Crippen LogP contribution in [-0.4, -0.2) is 24.4 Å². The van der Waals surface area contributed by atoms with Crippen molar-refractivity contribution < 1.29 is 14.3 Å². The monoisotopic (exact) mass is 310 g/mol. The lowest BCUT2D eigenvalue weighted by Crippen LogP contribution is -2.26. The van der Waals surface area contributed by atoms with E-state index in [1.165, 1.54) is 11.3 Å². The molecule has 4 heteroatoms. The summed E-state index contributed by atoms with van der Waals surface area (Å²) in [5, 5.41) is 0. The van der Waals surface area contributed by atoms with Gasteiger partial charge in [-0.05, 0) is 50.5 Å². The lowest BCUT2D eigenvalue weighted by atomic mass is 10.2. The van der Waals surface area contributed by atoms with Gasteiger partial charge in [0.2, 0.25) is 0 Å². The Morgan fingerprint density at radius 1 is 1.29 bits per heavy atom. The Kier molecular flexibility index (Phi) is 7.65. The number of carbonyl (C=O) groups excluding carboxylic acids is 1. The van der Waals surface area contributed by atoms with E-state index in [2.05, 4.69) is 19.9 Å². The predicted octanol–water partition coefficient (Wildman–Crippen LogP) is 4.46. The minimum absolute atomic E-state index is 0.327. The zero-order valence-corrected chi connectivity index (χ0v) is 14.5. The number of carbonyl (C=O) groups is 1. The first kappa shape index (κ1) is 17.9. The quantitative estimate of drug-likeness (QED) is 0.524. The van der Waals surface area contributed by atoms with Gasteiger partial charge in [0.15, 0.2) is 6.10 Å². The van der Waals surface area contributed by atoms with Crippen molar-refractivity contribution in [2.45, 2.75) is 52.0 Å². The highest BCUT2D eigenvalue weighted by Gasteiger charge is 2.16. The smallest absolute Gasteiger partial charge is 0.347 e. The number of aryl methyl sites for hydroxylation is 1. The first-order valence-electron chi connectivity index (χ1n) is 7.54. The maximum Gasteiger partial charge on any atom is 0.347 e. The molecular weight excluding hydrogens is 284 g/mol. The first-order valence-corrected chi connectivity index (χ1v) is 8.53. The van der Waals surface area contributed by atoms with Crippen LogP contribution in [0.3, 0.4) is 0 Å². The zero-order chi connectivity index (χ0) is 15.8. The molecule has 0 saturated carbocycles. The molecule has 0 aliphatic heterocycles. The van der Waals surface area contributed by atoms with Gasteiger partial charge in [0.05, 0.1) is 6.61 Å². The van der Waals surface area contributed by atoms with Gasteiger partial charge in [-0.3, -0.25) is 0 Å². The van der Waals surface area contributed by atoms with Crippen molar-refractivity contribution in [3.63, 3.8) is 0 Å². The fourth-order valence-corrected chi connectivity index (χ4v) is 2.84. The molecule has 0 aliphatic rings. The van der Waals surface area contributed by atoms with Gasteiger partial charge in [0.1, 0.15) is 5.75 Å². The maximum absolute atomic E-state index is 11.6. The molecular formula is C17H26O3S. The molecule has 0 fully saturated rings. The summed E-state index contributed by atoms with van der Waals surface area (Å²) in [6.45, 7) is 10.3. The van der Waals surface area contributed by atoms with E-state index in [0.29, 0.717) is 6.61 Å². The highest BCUT2D eigenvalue weighted by atomic mass is 32.2. The van der Waals surface area contributed by atoms with Gasteiger partial charge in [-0.1, -0.05) is 20.3 Å². The van der Waals surface area contributed by atoms with Crippen LogP contribution in [0.4, 0.5) is 0 Å². The van der Waals surface area contributed by atoms with E-state index in [9.17, 15) is 4.79 Å².